The van der Waals surface area contributed by atoms with Gasteiger partial charge in [0.15, 0.2) is 0 Å². The highest BCUT2D eigenvalue weighted by Gasteiger charge is 2.34. The van der Waals surface area contributed by atoms with Crippen LogP contribution in [-0.4, -0.2) is 48.1 Å². The normalized spacial score (nSPS) is 25.3. The highest BCUT2D eigenvalue weighted by molar-refractivity contribution is 5.79. The van der Waals surface area contributed by atoms with Gasteiger partial charge in [0, 0.05) is 6.61 Å². The van der Waals surface area contributed by atoms with Crippen LogP contribution in [0, 0.1) is 11.8 Å². The van der Waals surface area contributed by atoms with Gasteiger partial charge < -0.3 is 20.3 Å². The summed E-state index contributed by atoms with van der Waals surface area (Å²) in [6.07, 6.45) is 1.62. The molecule has 5 nitrogen and oxygen atoms in total. The third kappa shape index (κ3) is 3.94. The molecule has 0 saturated carbocycles. The van der Waals surface area contributed by atoms with Crippen molar-refractivity contribution < 1.29 is 19.7 Å². The Labute approximate surface area is 102 Å². The van der Waals surface area contributed by atoms with Crippen LogP contribution in [0.25, 0.3) is 0 Å². The molecule has 100 valence electrons. The summed E-state index contributed by atoms with van der Waals surface area (Å²) in [5.74, 6) is -0.0198. The molecular weight excluding hydrogens is 222 g/mol. The monoisotopic (exact) mass is 245 g/mol. The van der Waals surface area contributed by atoms with E-state index < -0.39 is 6.04 Å². The molecule has 0 spiro atoms. The smallest absolute Gasteiger partial charge is 0.226 e. The lowest BCUT2D eigenvalue weighted by Gasteiger charge is -2.34. The fourth-order valence-electron chi connectivity index (χ4n) is 2.20. The molecule has 17 heavy (non-hydrogen) atoms. The molecule has 1 heterocycles. The molecule has 0 aromatic heterocycles. The second-order valence-electron chi connectivity index (χ2n) is 4.90. The first-order valence-corrected chi connectivity index (χ1v) is 6.23. The summed E-state index contributed by atoms with van der Waals surface area (Å²) in [4.78, 5) is 12.0. The maximum atomic E-state index is 12.0. The summed E-state index contributed by atoms with van der Waals surface area (Å²) in [6, 6.07) is -0.572. The van der Waals surface area contributed by atoms with Crippen LogP contribution in [-0.2, 0) is 9.53 Å². The van der Waals surface area contributed by atoms with Crippen molar-refractivity contribution in [2.45, 2.75) is 38.8 Å². The van der Waals surface area contributed by atoms with E-state index in [0.717, 1.165) is 12.8 Å². The molecule has 0 radical (unpaired) electrons. The minimum Gasteiger partial charge on any atom is -0.394 e. The number of aliphatic hydroxyl groups excluding tert-OH is 2. The third-order valence-electron chi connectivity index (χ3n) is 3.15. The lowest BCUT2D eigenvalue weighted by molar-refractivity contribution is -0.138. The summed E-state index contributed by atoms with van der Waals surface area (Å²) in [7, 11) is 0. The number of aliphatic hydroxyl groups is 2. The van der Waals surface area contributed by atoms with E-state index >= 15 is 0 Å². The quantitative estimate of drug-likeness (QED) is 0.632. The average molecular weight is 245 g/mol. The van der Waals surface area contributed by atoms with E-state index in [0.29, 0.717) is 6.61 Å². The number of hydrogen-bond donors (Lipinski definition) is 3. The summed E-state index contributed by atoms with van der Waals surface area (Å²) >= 11 is 0. The number of rotatable bonds is 5. The Morgan fingerprint density at radius 2 is 2.06 bits per heavy atom. The molecule has 1 aliphatic rings. The van der Waals surface area contributed by atoms with Crippen LogP contribution in [0.5, 0.6) is 0 Å². The Hall–Kier alpha value is -0.650. The third-order valence-corrected chi connectivity index (χ3v) is 3.15. The molecule has 1 saturated heterocycles. The molecule has 1 fully saturated rings. The Balaban J connectivity index is 2.58. The molecule has 1 aliphatic heterocycles. The molecule has 3 N–H and O–H groups in total. The van der Waals surface area contributed by atoms with Crippen molar-refractivity contribution in [3.63, 3.8) is 0 Å². The van der Waals surface area contributed by atoms with Gasteiger partial charge in [-0.25, -0.2) is 0 Å². The van der Waals surface area contributed by atoms with E-state index in [9.17, 15) is 4.79 Å². The van der Waals surface area contributed by atoms with Gasteiger partial charge in [0.2, 0.25) is 5.91 Å². The zero-order chi connectivity index (χ0) is 12.8. The van der Waals surface area contributed by atoms with Crippen molar-refractivity contribution in [2.24, 2.45) is 11.8 Å². The van der Waals surface area contributed by atoms with E-state index in [2.05, 4.69) is 5.32 Å². The largest absolute Gasteiger partial charge is 0.394 e. The van der Waals surface area contributed by atoms with Gasteiger partial charge in [-0.05, 0) is 18.8 Å². The molecule has 0 aromatic rings. The lowest BCUT2D eigenvalue weighted by Crippen LogP contribution is -2.49. The van der Waals surface area contributed by atoms with Crippen LogP contribution in [0.1, 0.15) is 26.7 Å². The predicted octanol–water partition coefficient (Wildman–Crippen LogP) is -0.0930. The number of amides is 1. The first-order valence-electron chi connectivity index (χ1n) is 6.23. The van der Waals surface area contributed by atoms with Crippen LogP contribution in [0.4, 0.5) is 0 Å². The number of nitrogens with one attached hydrogen (secondary N) is 1. The van der Waals surface area contributed by atoms with Gasteiger partial charge in [0.25, 0.3) is 0 Å². The van der Waals surface area contributed by atoms with Gasteiger partial charge in [-0.3, -0.25) is 4.79 Å². The first kappa shape index (κ1) is 14.4. The molecule has 2 atom stereocenters. The van der Waals surface area contributed by atoms with Gasteiger partial charge in [-0.1, -0.05) is 13.8 Å². The molecule has 0 aliphatic carbocycles. The van der Waals surface area contributed by atoms with E-state index in [1.807, 2.05) is 13.8 Å². The number of hydrogen-bond acceptors (Lipinski definition) is 4. The number of ether oxygens (including phenoxy) is 1. The van der Waals surface area contributed by atoms with E-state index in [1.165, 1.54) is 0 Å². The van der Waals surface area contributed by atoms with Crippen molar-refractivity contribution in [3.8, 4) is 0 Å². The second kappa shape index (κ2) is 6.93. The minimum absolute atomic E-state index is 0.0678. The summed E-state index contributed by atoms with van der Waals surface area (Å²) in [5.41, 5.74) is 0. The Morgan fingerprint density at radius 1 is 1.41 bits per heavy atom. The van der Waals surface area contributed by atoms with Crippen molar-refractivity contribution in [1.29, 1.82) is 0 Å². The zero-order valence-electron chi connectivity index (χ0n) is 10.6. The average Bonchev–Trinajstić information content (AvgIpc) is 2.35. The maximum absolute atomic E-state index is 12.0. The van der Waals surface area contributed by atoms with E-state index in [1.54, 1.807) is 0 Å². The number of carbonyl (C=O) groups is 1. The summed E-state index contributed by atoms with van der Waals surface area (Å²) in [5, 5.41) is 20.5. The van der Waals surface area contributed by atoms with E-state index in [-0.39, 0.29) is 37.1 Å². The SMILES string of the molecule is CC(C)C1OCCCC1C(=O)NC(CO)CO. The molecule has 1 rings (SSSR count). The Kier molecular flexibility index (Phi) is 5.88. The van der Waals surface area contributed by atoms with Crippen LogP contribution < -0.4 is 5.32 Å². The van der Waals surface area contributed by atoms with Crippen LogP contribution >= 0.6 is 0 Å². The first-order chi connectivity index (χ1) is 8.10. The number of carbonyl (C=O) groups excluding carboxylic acids is 1. The fraction of sp³-hybridized carbons (Fsp3) is 0.917. The Morgan fingerprint density at radius 3 is 2.59 bits per heavy atom. The molecule has 5 heteroatoms. The minimum atomic E-state index is -0.572. The standard InChI is InChI=1S/C12H23NO4/c1-8(2)11-10(4-3-5-17-11)12(16)13-9(6-14)7-15/h8-11,14-15H,3-7H2,1-2H3,(H,13,16). The molecule has 0 bridgehead atoms. The van der Waals surface area contributed by atoms with Crippen molar-refractivity contribution in [2.75, 3.05) is 19.8 Å². The summed E-state index contributed by atoms with van der Waals surface area (Å²) < 4.78 is 5.64. The zero-order valence-corrected chi connectivity index (χ0v) is 10.6. The predicted molar refractivity (Wildman–Crippen MR) is 63.4 cm³/mol. The van der Waals surface area contributed by atoms with Crippen LogP contribution in [0.3, 0.4) is 0 Å². The molecule has 0 aromatic carbocycles. The van der Waals surface area contributed by atoms with Gasteiger partial charge in [0.1, 0.15) is 0 Å². The van der Waals surface area contributed by atoms with E-state index in [4.69, 9.17) is 14.9 Å². The molecular formula is C12H23NO4. The van der Waals surface area contributed by atoms with Gasteiger partial charge in [0.05, 0.1) is 31.3 Å². The van der Waals surface area contributed by atoms with Gasteiger partial charge in [-0.2, -0.15) is 0 Å². The lowest BCUT2D eigenvalue weighted by atomic mass is 9.86. The Bertz CT molecular complexity index is 241. The highest BCUT2D eigenvalue weighted by Crippen LogP contribution is 2.26. The highest BCUT2D eigenvalue weighted by atomic mass is 16.5. The maximum Gasteiger partial charge on any atom is 0.226 e. The van der Waals surface area contributed by atoms with Crippen LogP contribution in [0.15, 0.2) is 0 Å². The fourth-order valence-corrected chi connectivity index (χ4v) is 2.20. The second-order valence-corrected chi connectivity index (χ2v) is 4.90. The van der Waals surface area contributed by atoms with Crippen LogP contribution in [0.2, 0.25) is 0 Å². The van der Waals surface area contributed by atoms with Crippen molar-refractivity contribution in [3.05, 3.63) is 0 Å². The van der Waals surface area contributed by atoms with Crippen molar-refractivity contribution >= 4 is 5.91 Å². The van der Waals surface area contributed by atoms with Gasteiger partial charge >= 0.3 is 0 Å². The topological polar surface area (TPSA) is 78.8 Å². The molecule has 1 amide bonds. The summed E-state index contributed by atoms with van der Waals surface area (Å²) in [6.45, 7) is 4.28. The van der Waals surface area contributed by atoms with Gasteiger partial charge in [-0.15, -0.1) is 0 Å². The molecule has 2 unspecified atom stereocenters. The van der Waals surface area contributed by atoms with Crippen molar-refractivity contribution in [1.82, 2.24) is 5.32 Å².